The van der Waals surface area contributed by atoms with Crippen LogP contribution in [-0.2, 0) is 6.54 Å². The summed E-state index contributed by atoms with van der Waals surface area (Å²) in [6, 6.07) is 5.43. The molecular formula is C15H18N2O4. The van der Waals surface area contributed by atoms with Crippen molar-refractivity contribution in [2.24, 2.45) is 0 Å². The number of aryl methyl sites for hydroxylation is 2. The first-order valence-electron chi connectivity index (χ1n) is 6.48. The van der Waals surface area contributed by atoms with Gasteiger partial charge in [-0.3, -0.25) is 4.79 Å². The second kappa shape index (κ2) is 6.30. The van der Waals surface area contributed by atoms with Crippen LogP contribution in [0.5, 0.6) is 11.5 Å². The Bertz CT molecular complexity index is 649. The Kier molecular flexibility index (Phi) is 4.47. The minimum Gasteiger partial charge on any atom is -0.497 e. The summed E-state index contributed by atoms with van der Waals surface area (Å²) in [7, 11) is 3.16. The normalized spacial score (nSPS) is 10.3. The van der Waals surface area contributed by atoms with E-state index < -0.39 is 0 Å². The SMILES string of the molecule is COc1ccc(CNC(=O)c2nc(C)oc2C)c(OC)c1. The Hall–Kier alpha value is -2.50. The minimum atomic E-state index is -0.276. The van der Waals surface area contributed by atoms with Gasteiger partial charge in [-0.1, -0.05) is 0 Å². The van der Waals surface area contributed by atoms with Gasteiger partial charge >= 0.3 is 0 Å². The Labute approximate surface area is 123 Å². The van der Waals surface area contributed by atoms with Crippen LogP contribution in [0, 0.1) is 13.8 Å². The number of carbonyl (C=O) groups excluding carboxylic acids is 1. The molecule has 0 fully saturated rings. The van der Waals surface area contributed by atoms with Crippen LogP contribution in [0.25, 0.3) is 0 Å². The molecule has 1 amide bonds. The number of hydrogen-bond donors (Lipinski definition) is 1. The number of ether oxygens (including phenoxy) is 2. The summed E-state index contributed by atoms with van der Waals surface area (Å²) in [4.78, 5) is 16.1. The highest BCUT2D eigenvalue weighted by atomic mass is 16.5. The third kappa shape index (κ3) is 3.34. The number of aromatic nitrogens is 1. The van der Waals surface area contributed by atoms with E-state index in [9.17, 15) is 4.79 Å². The van der Waals surface area contributed by atoms with E-state index in [-0.39, 0.29) is 5.91 Å². The topological polar surface area (TPSA) is 73.6 Å². The highest BCUT2D eigenvalue weighted by Gasteiger charge is 2.15. The number of hydrogen-bond acceptors (Lipinski definition) is 5. The van der Waals surface area contributed by atoms with Gasteiger partial charge in [-0.25, -0.2) is 4.98 Å². The quantitative estimate of drug-likeness (QED) is 0.914. The van der Waals surface area contributed by atoms with Gasteiger partial charge in [-0.15, -0.1) is 0 Å². The molecule has 2 rings (SSSR count). The molecule has 21 heavy (non-hydrogen) atoms. The summed E-state index contributed by atoms with van der Waals surface area (Å²) in [5.74, 6) is 2.06. The summed E-state index contributed by atoms with van der Waals surface area (Å²) < 4.78 is 15.7. The molecule has 1 heterocycles. The molecule has 0 atom stereocenters. The van der Waals surface area contributed by atoms with Gasteiger partial charge in [0.1, 0.15) is 17.3 Å². The fourth-order valence-corrected chi connectivity index (χ4v) is 2.00. The Morgan fingerprint density at radius 3 is 2.62 bits per heavy atom. The molecule has 1 aromatic heterocycles. The minimum absolute atomic E-state index is 0.276. The van der Waals surface area contributed by atoms with E-state index >= 15 is 0 Å². The Morgan fingerprint density at radius 1 is 1.29 bits per heavy atom. The Balaban J connectivity index is 2.09. The molecule has 112 valence electrons. The number of carbonyl (C=O) groups is 1. The average molecular weight is 290 g/mol. The van der Waals surface area contributed by atoms with Crippen molar-refractivity contribution >= 4 is 5.91 Å². The van der Waals surface area contributed by atoms with Crippen molar-refractivity contribution in [1.29, 1.82) is 0 Å². The molecule has 6 heteroatoms. The number of methoxy groups -OCH3 is 2. The first kappa shape index (κ1) is 14.9. The van der Waals surface area contributed by atoms with Crippen LogP contribution in [0.15, 0.2) is 22.6 Å². The average Bonchev–Trinajstić information content (AvgIpc) is 2.83. The number of rotatable bonds is 5. The van der Waals surface area contributed by atoms with Crippen molar-refractivity contribution in [3.63, 3.8) is 0 Å². The van der Waals surface area contributed by atoms with Crippen molar-refractivity contribution in [2.75, 3.05) is 14.2 Å². The highest BCUT2D eigenvalue weighted by Crippen LogP contribution is 2.24. The van der Waals surface area contributed by atoms with Crippen molar-refractivity contribution in [3.05, 3.63) is 41.1 Å². The van der Waals surface area contributed by atoms with Crippen LogP contribution in [0.2, 0.25) is 0 Å². The van der Waals surface area contributed by atoms with E-state index in [1.165, 1.54) is 0 Å². The maximum absolute atomic E-state index is 12.1. The van der Waals surface area contributed by atoms with Crippen molar-refractivity contribution < 1.29 is 18.7 Å². The smallest absolute Gasteiger partial charge is 0.273 e. The van der Waals surface area contributed by atoms with E-state index in [0.29, 0.717) is 35.4 Å². The van der Waals surface area contributed by atoms with Crippen LogP contribution < -0.4 is 14.8 Å². The maximum Gasteiger partial charge on any atom is 0.273 e. The molecule has 1 aromatic carbocycles. The lowest BCUT2D eigenvalue weighted by molar-refractivity contribution is 0.0945. The predicted molar refractivity (Wildman–Crippen MR) is 76.7 cm³/mol. The van der Waals surface area contributed by atoms with E-state index in [1.54, 1.807) is 34.1 Å². The summed E-state index contributed by atoms with van der Waals surface area (Å²) >= 11 is 0. The van der Waals surface area contributed by atoms with Crippen LogP contribution in [0.3, 0.4) is 0 Å². The first-order valence-corrected chi connectivity index (χ1v) is 6.48. The Morgan fingerprint density at radius 2 is 2.05 bits per heavy atom. The number of benzene rings is 1. The van der Waals surface area contributed by atoms with Crippen LogP contribution in [0.4, 0.5) is 0 Å². The summed E-state index contributed by atoms with van der Waals surface area (Å²) in [5, 5.41) is 2.80. The summed E-state index contributed by atoms with van der Waals surface area (Å²) in [6.07, 6.45) is 0. The molecule has 2 aromatic rings. The van der Waals surface area contributed by atoms with E-state index in [0.717, 1.165) is 5.56 Å². The molecule has 6 nitrogen and oxygen atoms in total. The monoisotopic (exact) mass is 290 g/mol. The highest BCUT2D eigenvalue weighted by molar-refractivity contribution is 5.93. The van der Waals surface area contributed by atoms with Gasteiger partial charge in [0.25, 0.3) is 5.91 Å². The van der Waals surface area contributed by atoms with Gasteiger partial charge in [0.05, 0.1) is 14.2 Å². The largest absolute Gasteiger partial charge is 0.497 e. The zero-order valence-electron chi connectivity index (χ0n) is 12.5. The van der Waals surface area contributed by atoms with Crippen LogP contribution >= 0.6 is 0 Å². The second-order valence-electron chi connectivity index (χ2n) is 4.50. The first-order chi connectivity index (χ1) is 10.0. The number of nitrogens with one attached hydrogen (secondary N) is 1. The summed E-state index contributed by atoms with van der Waals surface area (Å²) in [6.45, 7) is 3.75. The van der Waals surface area contributed by atoms with Crippen LogP contribution in [0.1, 0.15) is 27.7 Å². The maximum atomic E-state index is 12.1. The van der Waals surface area contributed by atoms with Crippen LogP contribution in [-0.4, -0.2) is 25.1 Å². The van der Waals surface area contributed by atoms with Crippen molar-refractivity contribution in [3.8, 4) is 11.5 Å². The lowest BCUT2D eigenvalue weighted by Crippen LogP contribution is -2.24. The van der Waals surface area contributed by atoms with E-state index in [4.69, 9.17) is 13.9 Å². The zero-order valence-corrected chi connectivity index (χ0v) is 12.5. The third-order valence-electron chi connectivity index (χ3n) is 3.05. The molecule has 0 radical (unpaired) electrons. The fraction of sp³-hybridized carbons (Fsp3) is 0.333. The number of nitrogens with zero attached hydrogens (tertiary/aromatic N) is 1. The van der Waals surface area contributed by atoms with Gasteiger partial charge in [-0.05, 0) is 19.1 Å². The number of oxazole rings is 1. The lowest BCUT2D eigenvalue weighted by Gasteiger charge is -2.11. The van der Waals surface area contributed by atoms with E-state index in [1.807, 2.05) is 12.1 Å². The second-order valence-corrected chi connectivity index (χ2v) is 4.50. The standard InChI is InChI=1S/C15H18N2O4/c1-9-14(17-10(2)21-9)15(18)16-8-11-5-6-12(19-3)7-13(11)20-4/h5-7H,8H2,1-4H3,(H,16,18). The molecule has 0 aliphatic carbocycles. The molecule has 0 saturated carbocycles. The molecule has 0 aliphatic rings. The predicted octanol–water partition coefficient (Wildman–Crippen LogP) is 2.24. The third-order valence-corrected chi connectivity index (χ3v) is 3.05. The zero-order chi connectivity index (χ0) is 15.4. The molecule has 1 N–H and O–H groups in total. The van der Waals surface area contributed by atoms with Gasteiger partial charge in [0, 0.05) is 25.1 Å². The molecule has 0 spiro atoms. The molecule has 0 aliphatic heterocycles. The van der Waals surface area contributed by atoms with Gasteiger partial charge in [0.15, 0.2) is 11.6 Å². The van der Waals surface area contributed by atoms with Crippen molar-refractivity contribution in [2.45, 2.75) is 20.4 Å². The summed E-state index contributed by atoms with van der Waals surface area (Å²) in [5.41, 5.74) is 1.16. The number of amides is 1. The van der Waals surface area contributed by atoms with E-state index in [2.05, 4.69) is 10.3 Å². The lowest BCUT2D eigenvalue weighted by atomic mass is 10.2. The fourth-order valence-electron chi connectivity index (χ4n) is 2.00. The van der Waals surface area contributed by atoms with Gasteiger partial charge in [-0.2, -0.15) is 0 Å². The van der Waals surface area contributed by atoms with Crippen molar-refractivity contribution in [1.82, 2.24) is 10.3 Å². The van der Waals surface area contributed by atoms with Gasteiger partial charge in [0.2, 0.25) is 0 Å². The molecule has 0 saturated heterocycles. The molecule has 0 unspecified atom stereocenters. The molecule has 0 bridgehead atoms. The van der Waals surface area contributed by atoms with Gasteiger partial charge < -0.3 is 19.2 Å². The molecular weight excluding hydrogens is 272 g/mol.